The summed E-state index contributed by atoms with van der Waals surface area (Å²) < 4.78 is 9.96. The van der Waals surface area contributed by atoms with Crippen LogP contribution in [0.4, 0.5) is 0 Å². The Kier molecular flexibility index (Phi) is 6.28. The predicted molar refractivity (Wildman–Crippen MR) is 75.3 cm³/mol. The smallest absolute Gasteiger partial charge is 0.330 e. The fourth-order valence-electron chi connectivity index (χ4n) is 2.04. The highest BCUT2D eigenvalue weighted by Crippen LogP contribution is 2.27. The summed E-state index contributed by atoms with van der Waals surface area (Å²) >= 11 is 5.89. The maximum atomic E-state index is 12.2. The van der Waals surface area contributed by atoms with Crippen molar-refractivity contribution < 1.29 is 14.3 Å². The van der Waals surface area contributed by atoms with Crippen LogP contribution >= 0.6 is 11.6 Å². The topological polar surface area (TPSA) is 47.6 Å². The van der Waals surface area contributed by atoms with Crippen LogP contribution in [0.5, 0.6) is 0 Å². The van der Waals surface area contributed by atoms with Crippen LogP contribution in [-0.2, 0) is 19.8 Å². The molecule has 5 heteroatoms. The summed E-state index contributed by atoms with van der Waals surface area (Å²) in [6.07, 6.45) is 0.574. The van der Waals surface area contributed by atoms with Crippen LogP contribution in [0.25, 0.3) is 0 Å². The summed E-state index contributed by atoms with van der Waals surface area (Å²) in [7, 11) is 3.01. The monoisotopic (exact) mass is 285 g/mol. The second-order valence-electron chi connectivity index (χ2n) is 4.18. The van der Waals surface area contributed by atoms with Crippen LogP contribution in [0, 0.1) is 0 Å². The molecule has 106 valence electrons. The van der Waals surface area contributed by atoms with Crippen LogP contribution < -0.4 is 5.32 Å². The van der Waals surface area contributed by atoms with Gasteiger partial charge in [0.15, 0.2) is 0 Å². The molecule has 0 radical (unpaired) electrons. The van der Waals surface area contributed by atoms with Crippen molar-refractivity contribution in [1.82, 2.24) is 5.32 Å². The molecule has 0 bridgehead atoms. The number of halogens is 1. The molecular weight excluding hydrogens is 266 g/mol. The van der Waals surface area contributed by atoms with Crippen LogP contribution in [0.3, 0.4) is 0 Å². The fraction of sp³-hybridized carbons (Fsp3) is 0.500. The molecule has 4 nitrogen and oxygen atoms in total. The largest absolute Gasteiger partial charge is 0.467 e. The van der Waals surface area contributed by atoms with Gasteiger partial charge in [-0.2, -0.15) is 0 Å². The first-order valence-electron chi connectivity index (χ1n) is 6.19. The van der Waals surface area contributed by atoms with Gasteiger partial charge in [-0.1, -0.05) is 30.7 Å². The molecule has 1 aromatic rings. The Balaban J connectivity index is 3.08. The van der Waals surface area contributed by atoms with Gasteiger partial charge in [0.1, 0.15) is 5.54 Å². The van der Waals surface area contributed by atoms with Crippen LogP contribution in [0.2, 0.25) is 5.02 Å². The summed E-state index contributed by atoms with van der Waals surface area (Å²) in [5.74, 6) is -0.312. The lowest BCUT2D eigenvalue weighted by Gasteiger charge is -2.31. The molecule has 19 heavy (non-hydrogen) atoms. The molecule has 0 spiro atoms. The Morgan fingerprint density at radius 3 is 2.42 bits per heavy atom. The lowest BCUT2D eigenvalue weighted by atomic mass is 9.87. The molecular formula is C14H20ClNO3. The predicted octanol–water partition coefficient (Wildman–Crippen LogP) is 2.35. The van der Waals surface area contributed by atoms with Crippen molar-refractivity contribution in [2.24, 2.45) is 0 Å². The highest BCUT2D eigenvalue weighted by molar-refractivity contribution is 6.30. The maximum absolute atomic E-state index is 12.2. The molecule has 0 fully saturated rings. The molecule has 1 aromatic carbocycles. The molecule has 0 aliphatic carbocycles. The number of methoxy groups -OCH3 is 2. The van der Waals surface area contributed by atoms with Gasteiger partial charge in [0.2, 0.25) is 0 Å². The van der Waals surface area contributed by atoms with E-state index < -0.39 is 5.54 Å². The number of hydrogen-bond donors (Lipinski definition) is 1. The van der Waals surface area contributed by atoms with E-state index in [1.165, 1.54) is 7.11 Å². The number of benzene rings is 1. The van der Waals surface area contributed by atoms with E-state index in [0.717, 1.165) is 5.56 Å². The quantitative estimate of drug-likeness (QED) is 0.617. The van der Waals surface area contributed by atoms with Gasteiger partial charge in [-0.05, 0) is 24.1 Å². The van der Waals surface area contributed by atoms with E-state index in [0.29, 0.717) is 24.6 Å². The lowest BCUT2D eigenvalue weighted by Crippen LogP contribution is -2.50. The third-order valence-electron chi connectivity index (χ3n) is 3.13. The first-order chi connectivity index (χ1) is 9.10. The Morgan fingerprint density at radius 2 is 1.95 bits per heavy atom. The van der Waals surface area contributed by atoms with Crippen molar-refractivity contribution in [3.05, 3.63) is 34.9 Å². The number of carbonyl (C=O) groups is 1. The van der Waals surface area contributed by atoms with Crippen LogP contribution in [0.1, 0.15) is 18.9 Å². The second kappa shape index (κ2) is 7.48. The van der Waals surface area contributed by atoms with Crippen LogP contribution in [-0.4, -0.2) is 33.3 Å². The van der Waals surface area contributed by atoms with Gasteiger partial charge in [0, 0.05) is 18.7 Å². The number of carbonyl (C=O) groups excluding carboxylic acids is 1. The Labute approximate surface area is 119 Å². The minimum atomic E-state index is -0.863. The summed E-state index contributed by atoms with van der Waals surface area (Å²) in [4.78, 5) is 12.2. The van der Waals surface area contributed by atoms with Crippen LogP contribution in [0.15, 0.2) is 24.3 Å². The molecule has 0 heterocycles. The van der Waals surface area contributed by atoms with Crippen molar-refractivity contribution in [3.63, 3.8) is 0 Å². The lowest BCUT2D eigenvalue weighted by molar-refractivity contribution is -0.149. The number of nitrogens with one attached hydrogen (secondary N) is 1. The molecule has 0 saturated heterocycles. The third kappa shape index (κ3) is 3.69. The average Bonchev–Trinajstić information content (AvgIpc) is 2.44. The van der Waals surface area contributed by atoms with Gasteiger partial charge in [-0.15, -0.1) is 0 Å². The highest BCUT2D eigenvalue weighted by Gasteiger charge is 2.39. The van der Waals surface area contributed by atoms with E-state index in [4.69, 9.17) is 21.1 Å². The van der Waals surface area contributed by atoms with Crippen molar-refractivity contribution in [2.75, 3.05) is 27.4 Å². The Bertz CT molecular complexity index is 408. The average molecular weight is 286 g/mol. The van der Waals surface area contributed by atoms with E-state index in [9.17, 15) is 4.79 Å². The molecule has 0 aromatic heterocycles. The normalized spacial score (nSPS) is 13.9. The summed E-state index contributed by atoms with van der Waals surface area (Å²) in [5.41, 5.74) is -0.0277. The van der Waals surface area contributed by atoms with Crippen molar-refractivity contribution in [2.45, 2.75) is 18.9 Å². The summed E-state index contributed by atoms with van der Waals surface area (Å²) in [6.45, 7) is 3.01. The zero-order chi connectivity index (χ0) is 14.3. The van der Waals surface area contributed by atoms with Crippen molar-refractivity contribution >= 4 is 17.6 Å². The summed E-state index contributed by atoms with van der Waals surface area (Å²) in [5, 5.41) is 3.86. The zero-order valence-electron chi connectivity index (χ0n) is 11.5. The van der Waals surface area contributed by atoms with E-state index in [1.54, 1.807) is 19.2 Å². The number of hydrogen-bond acceptors (Lipinski definition) is 4. The highest BCUT2D eigenvalue weighted by atomic mass is 35.5. The molecule has 1 unspecified atom stereocenters. The SMILES string of the molecule is CCC(NCCOC)(C(=O)OC)c1ccc(Cl)cc1. The number of rotatable bonds is 7. The summed E-state index contributed by atoms with van der Waals surface area (Å²) in [6, 6.07) is 7.20. The van der Waals surface area contributed by atoms with Gasteiger partial charge in [0.25, 0.3) is 0 Å². The minimum absolute atomic E-state index is 0.312. The van der Waals surface area contributed by atoms with E-state index in [2.05, 4.69) is 5.32 Å². The van der Waals surface area contributed by atoms with Crippen molar-refractivity contribution in [1.29, 1.82) is 0 Å². The minimum Gasteiger partial charge on any atom is -0.467 e. The molecule has 0 aliphatic heterocycles. The van der Waals surface area contributed by atoms with E-state index in [1.807, 2.05) is 19.1 Å². The number of ether oxygens (including phenoxy) is 2. The molecule has 1 atom stereocenters. The Morgan fingerprint density at radius 1 is 1.32 bits per heavy atom. The third-order valence-corrected chi connectivity index (χ3v) is 3.39. The van der Waals surface area contributed by atoms with Crippen molar-refractivity contribution in [3.8, 4) is 0 Å². The van der Waals surface area contributed by atoms with E-state index >= 15 is 0 Å². The van der Waals surface area contributed by atoms with Gasteiger partial charge in [-0.25, -0.2) is 4.79 Å². The molecule has 0 amide bonds. The first kappa shape index (κ1) is 16.0. The maximum Gasteiger partial charge on any atom is 0.330 e. The molecule has 1 N–H and O–H groups in total. The first-order valence-corrected chi connectivity index (χ1v) is 6.57. The van der Waals surface area contributed by atoms with Gasteiger partial charge < -0.3 is 9.47 Å². The van der Waals surface area contributed by atoms with Gasteiger partial charge >= 0.3 is 5.97 Å². The molecule has 1 rings (SSSR count). The standard InChI is InChI=1S/C14H20ClNO3/c1-4-14(13(17)19-3,16-9-10-18-2)11-5-7-12(15)8-6-11/h5-8,16H,4,9-10H2,1-3H3. The Hall–Kier alpha value is -1.10. The van der Waals surface area contributed by atoms with Gasteiger partial charge in [0.05, 0.1) is 13.7 Å². The zero-order valence-corrected chi connectivity index (χ0v) is 12.3. The van der Waals surface area contributed by atoms with Gasteiger partial charge in [-0.3, -0.25) is 5.32 Å². The van der Waals surface area contributed by atoms with E-state index in [-0.39, 0.29) is 5.97 Å². The fourth-order valence-corrected chi connectivity index (χ4v) is 2.17. The second-order valence-corrected chi connectivity index (χ2v) is 4.61. The number of esters is 1. The molecule has 0 saturated carbocycles. The molecule has 0 aliphatic rings.